The third kappa shape index (κ3) is 11.8. The van der Waals surface area contributed by atoms with E-state index in [4.69, 9.17) is 9.98 Å². The molecule has 10 aromatic rings. The van der Waals surface area contributed by atoms with Gasteiger partial charge in [0.25, 0.3) is 0 Å². The SMILES string of the molecule is F[P-](F)(F)(F)(F)F.Oc1c(C=N[C@@H]2CCCC[C@H]2N=Cc2cc3ccccc3c(-c3c(-c4cc(F)cc(F)c4)ccc4ccccc34)c2O)cc2ccccc2c1-c1c(-c2cc(F)cc(F)c2)ccc2ccccc12.[Mn]. The summed E-state index contributed by atoms with van der Waals surface area (Å²) in [5.74, 6) is -2.83. The Morgan fingerprint density at radius 1 is 0.395 bits per heavy atom. The summed E-state index contributed by atoms with van der Waals surface area (Å²) in [5.41, 5.74) is 5.13. The van der Waals surface area contributed by atoms with Gasteiger partial charge in [-0.05, 0) is 115 Å². The van der Waals surface area contributed by atoms with Gasteiger partial charge in [0.1, 0.15) is 34.8 Å². The molecule has 10 aromatic carbocycles. The number of hydrogen-bond donors (Lipinski definition) is 2. The number of fused-ring (bicyclic) bond motifs is 4. The van der Waals surface area contributed by atoms with Gasteiger partial charge in [-0.1, -0.05) is 134 Å². The minimum atomic E-state index is -10.7. The molecule has 0 aliphatic heterocycles. The van der Waals surface area contributed by atoms with Gasteiger partial charge in [-0.2, -0.15) is 0 Å². The van der Waals surface area contributed by atoms with Crippen molar-refractivity contribution in [2.24, 2.45) is 9.98 Å². The van der Waals surface area contributed by atoms with Gasteiger partial charge in [0, 0.05) is 75.0 Å². The van der Waals surface area contributed by atoms with E-state index in [2.05, 4.69) is 0 Å². The van der Waals surface area contributed by atoms with Crippen molar-refractivity contribution in [1.82, 2.24) is 0 Å². The van der Waals surface area contributed by atoms with Crippen LogP contribution >= 0.6 is 7.81 Å². The molecule has 2 atom stereocenters. The summed E-state index contributed by atoms with van der Waals surface area (Å²) >= 11 is 0. The van der Waals surface area contributed by atoms with Gasteiger partial charge < -0.3 is 10.2 Å². The molecular weight excluding hydrogens is 1060 g/mol. The van der Waals surface area contributed by atoms with Gasteiger partial charge in [-0.25, -0.2) is 17.6 Å². The Morgan fingerprint density at radius 3 is 1.04 bits per heavy atom. The summed E-state index contributed by atoms with van der Waals surface area (Å²) < 4.78 is 118. The van der Waals surface area contributed by atoms with E-state index in [0.29, 0.717) is 55.6 Å². The Balaban J connectivity index is 0.000000826. The Labute approximate surface area is 439 Å². The topological polar surface area (TPSA) is 65.2 Å². The molecule has 1 aliphatic carbocycles. The van der Waals surface area contributed by atoms with Crippen molar-refractivity contribution in [3.05, 3.63) is 204 Å². The predicted octanol–water partition coefficient (Wildman–Crippen LogP) is 19.2. The van der Waals surface area contributed by atoms with Crippen molar-refractivity contribution >= 4 is 63.3 Å². The predicted molar refractivity (Wildman–Crippen MR) is 283 cm³/mol. The van der Waals surface area contributed by atoms with E-state index in [0.717, 1.165) is 80.9 Å². The van der Waals surface area contributed by atoms with Crippen LogP contribution in [0.4, 0.5) is 42.7 Å². The third-order valence-corrected chi connectivity index (χ3v) is 13.3. The maximum Gasteiger partial charge on any atom is 0.132 e. The van der Waals surface area contributed by atoms with Crippen LogP contribution in [0.25, 0.3) is 87.6 Å². The molecule has 0 amide bonds. The zero-order chi connectivity index (χ0) is 52.9. The van der Waals surface area contributed by atoms with Crippen molar-refractivity contribution in [1.29, 1.82) is 0 Å². The number of rotatable bonds is 8. The van der Waals surface area contributed by atoms with Crippen LogP contribution in [0.5, 0.6) is 11.5 Å². The first-order valence-electron chi connectivity index (χ1n) is 23.7. The Morgan fingerprint density at radius 2 is 0.697 bits per heavy atom. The van der Waals surface area contributed by atoms with E-state index >= 15 is 0 Å². The fourth-order valence-electron chi connectivity index (χ4n) is 10.2. The van der Waals surface area contributed by atoms with Gasteiger partial charge in [-0.15, -0.1) is 0 Å². The zero-order valence-electron chi connectivity index (χ0n) is 39.7. The first-order valence-corrected chi connectivity index (χ1v) is 25.8. The summed E-state index contributed by atoms with van der Waals surface area (Å²) in [6.45, 7) is 0. The fraction of sp³-hybridized carbons (Fsp3) is 0.100. The second-order valence-corrected chi connectivity index (χ2v) is 20.4. The number of benzene rings is 10. The van der Waals surface area contributed by atoms with Crippen molar-refractivity contribution in [2.45, 2.75) is 37.8 Å². The van der Waals surface area contributed by atoms with Crippen molar-refractivity contribution < 1.29 is 70.0 Å². The molecule has 0 bridgehead atoms. The van der Waals surface area contributed by atoms with Gasteiger partial charge in [0.05, 0.1) is 12.1 Å². The molecule has 1 aliphatic rings. The van der Waals surface area contributed by atoms with Gasteiger partial charge in [-0.3, -0.25) is 9.98 Å². The molecule has 11 rings (SSSR count). The minimum Gasteiger partial charge on any atom is -0.507 e. The smallest absolute Gasteiger partial charge is 0.132 e. The number of aromatic hydroxyl groups is 2. The first kappa shape index (κ1) is 53.3. The van der Waals surface area contributed by atoms with Gasteiger partial charge in [0.2, 0.25) is 0 Å². The van der Waals surface area contributed by atoms with E-state index in [-0.39, 0.29) is 40.7 Å². The Hall–Kier alpha value is -7.57. The standard InChI is InChI=1S/C60H42F4N2O2.F6P.Mn/c61-43-27-39(28-44(62)31-43)51-23-21-35-11-1-5-15-47(35)55(51)57-49-17-7-3-13-37(49)25-41(59(57)67)33-65-53-19-9-10-20-54(53)66-34-42-26-38-14-4-8-18-50(38)58(60(42)68)56-48-16-6-2-12-36(48)22-24-52(56)40-29-45(63)32-46(64)30-40;1-7(2,3,4,5)6;/h1-8,11-18,21-34,53-54,67-68H,9-10,19-20H2;;/q;-1;/t53-,54-;;/m1../s1. The molecule has 1 saturated carbocycles. The van der Waals surface area contributed by atoms with Crippen LogP contribution in [0.2, 0.25) is 0 Å². The van der Waals surface area contributed by atoms with Crippen LogP contribution in [-0.2, 0) is 17.1 Å². The molecule has 387 valence electrons. The maximum absolute atomic E-state index is 14.8. The molecule has 16 heteroatoms. The molecule has 2 N–H and O–H groups in total. The van der Waals surface area contributed by atoms with E-state index in [9.17, 15) is 53.0 Å². The summed E-state index contributed by atoms with van der Waals surface area (Å²) in [5, 5.41) is 31.5. The van der Waals surface area contributed by atoms with Crippen LogP contribution in [0, 0.1) is 23.3 Å². The van der Waals surface area contributed by atoms with Crippen molar-refractivity contribution in [3.8, 4) is 56.0 Å². The molecule has 1 fully saturated rings. The number of hydrogen-bond acceptors (Lipinski definition) is 4. The van der Waals surface area contributed by atoms with Gasteiger partial charge in [0.15, 0.2) is 0 Å². The molecule has 0 aromatic heterocycles. The Kier molecular flexibility index (Phi) is 14.1. The normalized spacial score (nSPS) is 15.9. The maximum atomic E-state index is 14.8. The molecule has 76 heavy (non-hydrogen) atoms. The quantitative estimate of drug-likeness (QED) is 0.0689. The van der Waals surface area contributed by atoms with E-state index in [1.807, 2.05) is 133 Å². The minimum absolute atomic E-state index is 0. The average molecular weight is 1100 g/mol. The van der Waals surface area contributed by atoms with Crippen molar-refractivity contribution in [2.75, 3.05) is 0 Å². The third-order valence-electron chi connectivity index (χ3n) is 13.3. The fourth-order valence-corrected chi connectivity index (χ4v) is 10.2. The molecule has 0 spiro atoms. The molecule has 0 unspecified atom stereocenters. The van der Waals surface area contributed by atoms with Crippen LogP contribution < -0.4 is 0 Å². The number of nitrogens with zero attached hydrogens (tertiary/aromatic N) is 2. The second-order valence-electron chi connectivity index (χ2n) is 18.5. The van der Waals surface area contributed by atoms with Gasteiger partial charge >= 0.3 is 33.0 Å². The molecule has 1 radical (unpaired) electrons. The average Bonchev–Trinajstić information content (AvgIpc) is 3.40. The van der Waals surface area contributed by atoms with E-state index in [1.54, 1.807) is 12.4 Å². The van der Waals surface area contributed by atoms with Crippen LogP contribution in [-0.4, -0.2) is 34.7 Å². The largest absolute Gasteiger partial charge is 0.507 e. The van der Waals surface area contributed by atoms with Crippen LogP contribution in [0.15, 0.2) is 180 Å². The monoisotopic (exact) mass is 1100 g/mol. The number of aliphatic imine (C=N–C) groups is 2. The second kappa shape index (κ2) is 20.2. The molecule has 4 nitrogen and oxygen atoms in total. The summed E-state index contributed by atoms with van der Waals surface area (Å²) in [6.07, 6.45) is 6.78. The van der Waals surface area contributed by atoms with E-state index in [1.165, 1.54) is 24.3 Å². The summed E-state index contributed by atoms with van der Waals surface area (Å²) in [7, 11) is -10.7. The van der Waals surface area contributed by atoms with E-state index < -0.39 is 31.1 Å². The summed E-state index contributed by atoms with van der Waals surface area (Å²) in [6, 6.07) is 48.7. The molecule has 0 heterocycles. The summed E-state index contributed by atoms with van der Waals surface area (Å²) in [4.78, 5) is 10.3. The number of halogens is 10. The zero-order valence-corrected chi connectivity index (χ0v) is 41.8. The molecule has 0 saturated heterocycles. The van der Waals surface area contributed by atoms with Crippen LogP contribution in [0.1, 0.15) is 36.8 Å². The number of phenols is 2. The van der Waals surface area contributed by atoms with Crippen molar-refractivity contribution in [3.63, 3.8) is 0 Å². The van der Waals surface area contributed by atoms with Crippen LogP contribution in [0.3, 0.4) is 0 Å². The number of phenolic OH excluding ortho intramolecular Hbond substituents is 2. The first-order chi connectivity index (χ1) is 35.6. The molecular formula is C60H42F10MnN2O2P-. The Bertz CT molecular complexity index is 3670.